The standard InChI is InChI=1S/C17H16F2N2O3/c1-10(8-23-11-5-6-12(18)13(19)7-11)20-14-3-2-4-15-17(14)24-9-16(22)21-15/h2-7,10,20H,8-9H2,1H3,(H,21,22). The van der Waals surface area contributed by atoms with Crippen molar-refractivity contribution in [2.75, 3.05) is 23.8 Å². The first-order valence-electron chi connectivity index (χ1n) is 7.43. The number of fused-ring (bicyclic) bond motifs is 1. The Bertz CT molecular complexity index is 767. The summed E-state index contributed by atoms with van der Waals surface area (Å²) in [4.78, 5) is 11.3. The molecule has 2 aromatic rings. The predicted octanol–water partition coefficient (Wildman–Crippen LogP) is 3.18. The number of anilines is 2. The van der Waals surface area contributed by atoms with Crippen molar-refractivity contribution in [2.24, 2.45) is 0 Å². The Hall–Kier alpha value is -2.83. The highest BCUT2D eigenvalue weighted by Crippen LogP contribution is 2.35. The summed E-state index contributed by atoms with van der Waals surface area (Å²) >= 11 is 0. The first-order valence-corrected chi connectivity index (χ1v) is 7.43. The first kappa shape index (κ1) is 16.0. The molecule has 0 fully saturated rings. The van der Waals surface area contributed by atoms with Crippen LogP contribution in [-0.2, 0) is 4.79 Å². The fraction of sp³-hybridized carbons (Fsp3) is 0.235. The molecule has 1 aliphatic heterocycles. The largest absolute Gasteiger partial charge is 0.491 e. The molecule has 5 nitrogen and oxygen atoms in total. The van der Waals surface area contributed by atoms with Crippen LogP contribution < -0.4 is 20.1 Å². The highest BCUT2D eigenvalue weighted by atomic mass is 19.2. The van der Waals surface area contributed by atoms with Gasteiger partial charge in [0, 0.05) is 6.07 Å². The van der Waals surface area contributed by atoms with Gasteiger partial charge in [0.1, 0.15) is 12.4 Å². The van der Waals surface area contributed by atoms with Gasteiger partial charge in [-0.2, -0.15) is 0 Å². The number of nitrogens with one attached hydrogen (secondary N) is 2. The maximum absolute atomic E-state index is 13.1. The molecule has 1 unspecified atom stereocenters. The Morgan fingerprint density at radius 2 is 2.12 bits per heavy atom. The van der Waals surface area contributed by atoms with Gasteiger partial charge in [-0.1, -0.05) is 6.07 Å². The van der Waals surface area contributed by atoms with Gasteiger partial charge in [0.15, 0.2) is 24.0 Å². The molecule has 0 aromatic heterocycles. The molecule has 1 amide bonds. The molecule has 2 N–H and O–H groups in total. The van der Waals surface area contributed by atoms with Crippen molar-refractivity contribution in [3.8, 4) is 11.5 Å². The van der Waals surface area contributed by atoms with E-state index in [1.807, 2.05) is 13.0 Å². The van der Waals surface area contributed by atoms with Crippen molar-refractivity contribution in [3.63, 3.8) is 0 Å². The van der Waals surface area contributed by atoms with E-state index in [4.69, 9.17) is 9.47 Å². The molecule has 3 rings (SSSR count). The quantitative estimate of drug-likeness (QED) is 0.882. The van der Waals surface area contributed by atoms with Gasteiger partial charge in [0.2, 0.25) is 0 Å². The Balaban J connectivity index is 1.63. The molecule has 0 saturated heterocycles. The van der Waals surface area contributed by atoms with Crippen molar-refractivity contribution in [2.45, 2.75) is 13.0 Å². The molecule has 24 heavy (non-hydrogen) atoms. The Labute approximate surface area is 137 Å². The molecule has 7 heteroatoms. The summed E-state index contributed by atoms with van der Waals surface area (Å²) in [5.74, 6) is -1.25. The van der Waals surface area contributed by atoms with Crippen LogP contribution in [0.5, 0.6) is 11.5 Å². The second kappa shape index (κ2) is 6.74. The Morgan fingerprint density at radius 3 is 2.92 bits per heavy atom. The smallest absolute Gasteiger partial charge is 0.262 e. The molecule has 2 aromatic carbocycles. The monoisotopic (exact) mass is 334 g/mol. The number of para-hydroxylation sites is 1. The number of amides is 1. The van der Waals surface area contributed by atoms with Crippen LogP contribution in [0.15, 0.2) is 36.4 Å². The Kier molecular flexibility index (Phi) is 4.50. The van der Waals surface area contributed by atoms with Crippen molar-refractivity contribution < 1.29 is 23.0 Å². The van der Waals surface area contributed by atoms with Crippen LogP contribution in [0, 0.1) is 11.6 Å². The molecule has 0 bridgehead atoms. The zero-order valence-electron chi connectivity index (χ0n) is 12.9. The molecular formula is C17H16F2N2O3. The van der Waals surface area contributed by atoms with Crippen LogP contribution in [0.1, 0.15) is 6.92 Å². The number of carbonyl (C=O) groups is 1. The van der Waals surface area contributed by atoms with E-state index >= 15 is 0 Å². The third-order valence-corrected chi connectivity index (χ3v) is 3.43. The van der Waals surface area contributed by atoms with Crippen LogP contribution in [0.4, 0.5) is 20.2 Å². The van der Waals surface area contributed by atoms with Gasteiger partial charge in [-0.15, -0.1) is 0 Å². The molecule has 0 radical (unpaired) electrons. The van der Waals surface area contributed by atoms with Gasteiger partial charge in [-0.05, 0) is 31.2 Å². The van der Waals surface area contributed by atoms with Gasteiger partial charge in [0.05, 0.1) is 17.4 Å². The molecule has 1 aliphatic rings. The minimum Gasteiger partial charge on any atom is -0.491 e. The Morgan fingerprint density at radius 1 is 1.29 bits per heavy atom. The fourth-order valence-corrected chi connectivity index (χ4v) is 2.32. The number of carbonyl (C=O) groups excluding carboxylic acids is 1. The van der Waals surface area contributed by atoms with Crippen LogP contribution in [-0.4, -0.2) is 25.2 Å². The van der Waals surface area contributed by atoms with Crippen LogP contribution >= 0.6 is 0 Å². The van der Waals surface area contributed by atoms with Crippen molar-refractivity contribution in [3.05, 3.63) is 48.0 Å². The minimum atomic E-state index is -0.950. The molecule has 126 valence electrons. The average molecular weight is 334 g/mol. The van der Waals surface area contributed by atoms with Gasteiger partial charge < -0.3 is 20.1 Å². The SMILES string of the molecule is CC(COc1ccc(F)c(F)c1)Nc1cccc2c1OCC(=O)N2. The lowest BCUT2D eigenvalue weighted by Gasteiger charge is -2.23. The molecule has 1 heterocycles. The number of hydrogen-bond acceptors (Lipinski definition) is 4. The zero-order chi connectivity index (χ0) is 17.1. The molecule has 1 atom stereocenters. The van der Waals surface area contributed by atoms with E-state index in [-0.39, 0.29) is 30.9 Å². The van der Waals surface area contributed by atoms with E-state index in [2.05, 4.69) is 10.6 Å². The number of ether oxygens (including phenoxy) is 2. The third-order valence-electron chi connectivity index (χ3n) is 3.43. The first-order chi connectivity index (χ1) is 11.5. The fourth-order valence-electron chi connectivity index (χ4n) is 2.32. The zero-order valence-corrected chi connectivity index (χ0v) is 12.9. The third kappa shape index (κ3) is 3.56. The van der Waals surface area contributed by atoms with Crippen LogP contribution in [0.2, 0.25) is 0 Å². The van der Waals surface area contributed by atoms with E-state index in [0.29, 0.717) is 17.1 Å². The lowest BCUT2D eigenvalue weighted by atomic mass is 10.2. The molecule has 0 saturated carbocycles. The summed E-state index contributed by atoms with van der Waals surface area (Å²) in [5.41, 5.74) is 1.32. The minimum absolute atomic E-state index is 0.0363. The summed E-state index contributed by atoms with van der Waals surface area (Å²) in [6.07, 6.45) is 0. The van der Waals surface area contributed by atoms with Gasteiger partial charge in [0.25, 0.3) is 5.91 Å². The van der Waals surface area contributed by atoms with E-state index in [0.717, 1.165) is 12.1 Å². The van der Waals surface area contributed by atoms with Crippen molar-refractivity contribution in [1.29, 1.82) is 0 Å². The highest BCUT2D eigenvalue weighted by molar-refractivity contribution is 5.97. The van der Waals surface area contributed by atoms with Gasteiger partial charge in [-0.25, -0.2) is 8.78 Å². The lowest BCUT2D eigenvalue weighted by Crippen LogP contribution is -2.28. The van der Waals surface area contributed by atoms with Gasteiger partial charge >= 0.3 is 0 Å². The predicted molar refractivity (Wildman–Crippen MR) is 85.5 cm³/mol. The van der Waals surface area contributed by atoms with Gasteiger partial charge in [-0.3, -0.25) is 4.79 Å². The second-order valence-corrected chi connectivity index (χ2v) is 5.45. The molecule has 0 aliphatic carbocycles. The van der Waals surface area contributed by atoms with E-state index in [1.165, 1.54) is 6.07 Å². The highest BCUT2D eigenvalue weighted by Gasteiger charge is 2.19. The second-order valence-electron chi connectivity index (χ2n) is 5.45. The number of hydrogen-bond donors (Lipinski definition) is 2. The van der Waals surface area contributed by atoms with Crippen LogP contribution in [0.3, 0.4) is 0 Å². The number of benzene rings is 2. The summed E-state index contributed by atoms with van der Waals surface area (Å²) in [5, 5.41) is 5.94. The average Bonchev–Trinajstić information content (AvgIpc) is 2.56. The summed E-state index contributed by atoms with van der Waals surface area (Å²) < 4.78 is 36.9. The summed E-state index contributed by atoms with van der Waals surface area (Å²) in [6.45, 7) is 2.08. The lowest BCUT2D eigenvalue weighted by molar-refractivity contribution is -0.118. The maximum Gasteiger partial charge on any atom is 0.262 e. The van der Waals surface area contributed by atoms with Crippen LogP contribution in [0.25, 0.3) is 0 Å². The van der Waals surface area contributed by atoms with E-state index in [1.54, 1.807) is 12.1 Å². The summed E-state index contributed by atoms with van der Waals surface area (Å²) in [7, 11) is 0. The summed E-state index contributed by atoms with van der Waals surface area (Å²) in [6, 6.07) is 8.63. The van der Waals surface area contributed by atoms with Crippen molar-refractivity contribution in [1.82, 2.24) is 0 Å². The number of rotatable bonds is 5. The molecule has 0 spiro atoms. The van der Waals surface area contributed by atoms with Crippen molar-refractivity contribution >= 4 is 17.3 Å². The van der Waals surface area contributed by atoms with E-state index < -0.39 is 11.6 Å². The van der Waals surface area contributed by atoms with E-state index in [9.17, 15) is 13.6 Å². The number of halogens is 2. The molecular weight excluding hydrogens is 318 g/mol. The maximum atomic E-state index is 13.1. The topological polar surface area (TPSA) is 59.6 Å². The normalized spacial score (nSPS) is 14.2.